The van der Waals surface area contributed by atoms with Gasteiger partial charge in [-0.3, -0.25) is 4.79 Å². The largest absolute Gasteiger partial charge is 0.497 e. The Labute approximate surface area is 145 Å². The van der Waals surface area contributed by atoms with E-state index >= 15 is 0 Å². The molecule has 3 rings (SSSR count). The highest BCUT2D eigenvalue weighted by Crippen LogP contribution is 2.31. The minimum atomic E-state index is -0.442. The maximum Gasteiger partial charge on any atom is 0.262 e. The molecule has 0 aliphatic carbocycles. The van der Waals surface area contributed by atoms with Crippen molar-refractivity contribution in [1.29, 1.82) is 0 Å². The third-order valence-electron chi connectivity index (χ3n) is 3.65. The predicted molar refractivity (Wildman–Crippen MR) is 94.4 cm³/mol. The van der Waals surface area contributed by atoms with Crippen molar-refractivity contribution in [1.82, 2.24) is 5.43 Å². The third-order valence-corrected chi connectivity index (χ3v) is 3.65. The summed E-state index contributed by atoms with van der Waals surface area (Å²) in [6.45, 7) is 1.98. The van der Waals surface area contributed by atoms with Gasteiger partial charge in [-0.05, 0) is 55.0 Å². The number of hydrogen-bond donors (Lipinski definition) is 2. The average molecular weight is 341 g/mol. The number of methoxy groups -OCH3 is 1. The zero-order valence-electron chi connectivity index (χ0n) is 14.0. The first-order valence-electron chi connectivity index (χ1n) is 7.79. The molecule has 25 heavy (non-hydrogen) atoms. The van der Waals surface area contributed by atoms with E-state index in [0.717, 1.165) is 17.0 Å². The van der Waals surface area contributed by atoms with Gasteiger partial charge in [0.25, 0.3) is 5.91 Å². The summed E-state index contributed by atoms with van der Waals surface area (Å²) in [4.78, 5) is 12.1. The van der Waals surface area contributed by atoms with Crippen LogP contribution < -0.4 is 25.0 Å². The second kappa shape index (κ2) is 7.57. The molecule has 0 spiro atoms. The van der Waals surface area contributed by atoms with Gasteiger partial charge in [0.1, 0.15) is 11.8 Å². The van der Waals surface area contributed by atoms with Gasteiger partial charge in [-0.15, -0.1) is 0 Å². The molecule has 1 amide bonds. The zero-order valence-corrected chi connectivity index (χ0v) is 14.0. The van der Waals surface area contributed by atoms with E-state index in [-0.39, 0.29) is 12.7 Å². The number of carbonyl (C=O) groups is 1. The Balaban J connectivity index is 1.52. The van der Waals surface area contributed by atoms with Crippen LogP contribution in [0.4, 0.5) is 5.69 Å². The van der Waals surface area contributed by atoms with Gasteiger partial charge in [-0.1, -0.05) is 0 Å². The topological polar surface area (TPSA) is 81.2 Å². The lowest BCUT2D eigenvalue weighted by molar-refractivity contribution is -0.121. The Morgan fingerprint density at radius 2 is 1.96 bits per heavy atom. The van der Waals surface area contributed by atoms with Gasteiger partial charge in [-0.25, -0.2) is 5.43 Å². The Kier molecular flexibility index (Phi) is 5.03. The van der Waals surface area contributed by atoms with Crippen molar-refractivity contribution in [3.05, 3.63) is 48.0 Å². The Hall–Kier alpha value is -3.22. The van der Waals surface area contributed by atoms with Gasteiger partial charge in [0, 0.05) is 5.69 Å². The van der Waals surface area contributed by atoms with Crippen LogP contribution >= 0.6 is 0 Å². The van der Waals surface area contributed by atoms with E-state index in [1.807, 2.05) is 30.3 Å². The number of hydrazone groups is 1. The number of nitrogens with zero attached hydrogens (tertiary/aromatic N) is 1. The molecule has 7 nitrogen and oxygen atoms in total. The number of amides is 1. The fourth-order valence-electron chi connectivity index (χ4n) is 2.26. The van der Waals surface area contributed by atoms with Crippen molar-refractivity contribution in [3.8, 4) is 17.2 Å². The van der Waals surface area contributed by atoms with Crippen molar-refractivity contribution in [2.45, 2.75) is 13.0 Å². The second-order valence-corrected chi connectivity index (χ2v) is 5.44. The SMILES string of the molecule is COc1ccc(N[C@@H](C)C(=O)N/N=C\c2ccc3c(c2)OCO3)cc1. The first-order chi connectivity index (χ1) is 12.2. The van der Waals surface area contributed by atoms with E-state index in [1.54, 1.807) is 32.4 Å². The molecule has 2 N–H and O–H groups in total. The summed E-state index contributed by atoms with van der Waals surface area (Å²) in [7, 11) is 1.61. The molecule has 0 unspecified atom stereocenters. The highest BCUT2D eigenvalue weighted by molar-refractivity contribution is 5.86. The quantitative estimate of drug-likeness (QED) is 0.623. The van der Waals surface area contributed by atoms with Crippen LogP contribution in [-0.4, -0.2) is 32.1 Å². The monoisotopic (exact) mass is 341 g/mol. The molecular weight excluding hydrogens is 322 g/mol. The maximum atomic E-state index is 12.1. The van der Waals surface area contributed by atoms with Crippen molar-refractivity contribution < 1.29 is 19.0 Å². The summed E-state index contributed by atoms with van der Waals surface area (Å²) in [5.74, 6) is 1.90. The normalized spacial score (nSPS) is 13.5. The molecule has 1 atom stereocenters. The smallest absolute Gasteiger partial charge is 0.262 e. The fraction of sp³-hybridized carbons (Fsp3) is 0.222. The van der Waals surface area contributed by atoms with Crippen LogP contribution in [0.5, 0.6) is 17.2 Å². The van der Waals surface area contributed by atoms with Crippen molar-refractivity contribution in [3.63, 3.8) is 0 Å². The number of rotatable bonds is 6. The van der Waals surface area contributed by atoms with Crippen molar-refractivity contribution in [2.75, 3.05) is 19.2 Å². The fourth-order valence-corrected chi connectivity index (χ4v) is 2.26. The highest BCUT2D eigenvalue weighted by Gasteiger charge is 2.13. The van der Waals surface area contributed by atoms with Crippen LogP contribution in [0.2, 0.25) is 0 Å². The van der Waals surface area contributed by atoms with Gasteiger partial charge in [-0.2, -0.15) is 5.10 Å². The van der Waals surface area contributed by atoms with E-state index in [2.05, 4.69) is 15.8 Å². The van der Waals surface area contributed by atoms with Crippen LogP contribution in [0.25, 0.3) is 0 Å². The molecule has 0 aromatic heterocycles. The molecule has 0 saturated heterocycles. The van der Waals surface area contributed by atoms with Gasteiger partial charge in [0.05, 0.1) is 13.3 Å². The summed E-state index contributed by atoms with van der Waals surface area (Å²) in [5, 5.41) is 7.07. The minimum absolute atomic E-state index is 0.223. The molecule has 1 heterocycles. The Morgan fingerprint density at radius 1 is 1.20 bits per heavy atom. The number of fused-ring (bicyclic) bond motifs is 1. The molecule has 2 aromatic carbocycles. The second-order valence-electron chi connectivity index (χ2n) is 5.44. The van der Waals surface area contributed by atoms with Crippen molar-refractivity contribution in [2.24, 2.45) is 5.10 Å². The van der Waals surface area contributed by atoms with Crippen LogP contribution in [0.15, 0.2) is 47.6 Å². The van der Waals surface area contributed by atoms with E-state index < -0.39 is 6.04 Å². The standard InChI is InChI=1S/C18H19N3O4/c1-12(20-14-4-6-15(23-2)7-5-14)18(22)21-19-10-13-3-8-16-17(9-13)25-11-24-16/h3-10,12,20H,11H2,1-2H3,(H,21,22)/b19-10-/t12-/m0/s1. The molecule has 0 fully saturated rings. The molecule has 2 aromatic rings. The number of benzene rings is 2. The first-order valence-corrected chi connectivity index (χ1v) is 7.79. The first kappa shape index (κ1) is 16.6. The number of anilines is 1. The van der Waals surface area contributed by atoms with Crippen LogP contribution in [-0.2, 0) is 4.79 Å². The Morgan fingerprint density at radius 3 is 2.72 bits per heavy atom. The van der Waals surface area contributed by atoms with E-state index in [1.165, 1.54) is 0 Å². The molecule has 0 radical (unpaired) electrons. The van der Waals surface area contributed by atoms with Crippen LogP contribution in [0.3, 0.4) is 0 Å². The van der Waals surface area contributed by atoms with Gasteiger partial charge < -0.3 is 19.5 Å². The molecule has 1 aliphatic heterocycles. The number of ether oxygens (including phenoxy) is 3. The molecule has 0 saturated carbocycles. The van der Waals surface area contributed by atoms with Gasteiger partial charge >= 0.3 is 0 Å². The molecule has 0 bridgehead atoms. The summed E-state index contributed by atoms with van der Waals surface area (Å²) in [5.41, 5.74) is 4.14. The lowest BCUT2D eigenvalue weighted by Crippen LogP contribution is -2.34. The van der Waals surface area contributed by atoms with Gasteiger partial charge in [0.2, 0.25) is 6.79 Å². The van der Waals surface area contributed by atoms with Gasteiger partial charge in [0.15, 0.2) is 11.5 Å². The summed E-state index contributed by atoms with van der Waals surface area (Å²) < 4.78 is 15.6. The Bertz CT molecular complexity index is 774. The summed E-state index contributed by atoms with van der Waals surface area (Å²) >= 11 is 0. The number of nitrogens with one attached hydrogen (secondary N) is 2. The summed E-state index contributed by atoms with van der Waals surface area (Å²) in [6, 6.07) is 12.3. The van der Waals surface area contributed by atoms with E-state index in [0.29, 0.717) is 11.5 Å². The van der Waals surface area contributed by atoms with Crippen LogP contribution in [0, 0.1) is 0 Å². The zero-order chi connectivity index (χ0) is 17.6. The molecule has 7 heteroatoms. The maximum absolute atomic E-state index is 12.1. The van der Waals surface area contributed by atoms with Crippen molar-refractivity contribution >= 4 is 17.8 Å². The minimum Gasteiger partial charge on any atom is -0.497 e. The molecular formula is C18H19N3O4. The van der Waals surface area contributed by atoms with Crippen LogP contribution in [0.1, 0.15) is 12.5 Å². The third kappa shape index (κ3) is 4.20. The van der Waals surface area contributed by atoms with E-state index in [4.69, 9.17) is 14.2 Å². The predicted octanol–water partition coefficient (Wildman–Crippen LogP) is 2.37. The van der Waals surface area contributed by atoms with E-state index in [9.17, 15) is 4.79 Å². The lowest BCUT2D eigenvalue weighted by Gasteiger charge is -2.13. The number of carbonyl (C=O) groups excluding carboxylic acids is 1. The average Bonchev–Trinajstić information content (AvgIpc) is 3.10. The number of hydrogen-bond acceptors (Lipinski definition) is 6. The molecule has 130 valence electrons. The lowest BCUT2D eigenvalue weighted by atomic mass is 10.2. The highest BCUT2D eigenvalue weighted by atomic mass is 16.7. The molecule has 1 aliphatic rings. The summed E-state index contributed by atoms with van der Waals surface area (Å²) in [6.07, 6.45) is 1.56.